The van der Waals surface area contributed by atoms with Gasteiger partial charge < -0.3 is 5.11 Å². The van der Waals surface area contributed by atoms with E-state index in [0.717, 1.165) is 35.2 Å². The number of nitrogens with zero attached hydrogens (tertiary/aromatic N) is 2. The first-order valence-corrected chi connectivity index (χ1v) is 6.82. The second kappa shape index (κ2) is 4.73. The Morgan fingerprint density at radius 1 is 1.20 bits per heavy atom. The van der Waals surface area contributed by atoms with Gasteiger partial charge in [0.2, 0.25) is 0 Å². The zero-order valence-corrected chi connectivity index (χ0v) is 11.4. The number of hydrogen-bond donors (Lipinski definition) is 1. The molecule has 0 amide bonds. The maximum absolute atomic E-state index is 11.4. The molecule has 0 saturated heterocycles. The average molecular weight is 264 g/mol. The van der Waals surface area contributed by atoms with Gasteiger partial charge in [-0.1, -0.05) is 30.3 Å². The molecular formula is C17H16N2O. The fraction of sp³-hybridized carbons (Fsp3) is 0.294. The Hall–Kier alpha value is -2.18. The van der Waals surface area contributed by atoms with Crippen LogP contribution in [0.5, 0.6) is 0 Å². The summed E-state index contributed by atoms with van der Waals surface area (Å²) in [5, 5.41) is 20.7. The zero-order valence-electron chi connectivity index (χ0n) is 11.4. The van der Waals surface area contributed by atoms with Gasteiger partial charge in [0.15, 0.2) is 0 Å². The van der Waals surface area contributed by atoms with E-state index in [-0.39, 0.29) is 0 Å². The second-order valence-electron chi connectivity index (χ2n) is 5.27. The van der Waals surface area contributed by atoms with Crippen LogP contribution < -0.4 is 0 Å². The molecule has 0 aliphatic heterocycles. The molecule has 1 N–H and O–H groups in total. The fourth-order valence-corrected chi connectivity index (χ4v) is 3.05. The standard InChI is InChI=1S/C17H16N2O/c1-12(11-18)17(20)14-6-3-2-5-13(14)8-9-16-15(17)7-4-10-19-16/h2-7,10,12,20H,8-9H2,1H3. The summed E-state index contributed by atoms with van der Waals surface area (Å²) in [4.78, 5) is 4.41. The topological polar surface area (TPSA) is 56.9 Å². The van der Waals surface area contributed by atoms with Crippen LogP contribution in [0.15, 0.2) is 42.6 Å². The van der Waals surface area contributed by atoms with E-state index >= 15 is 0 Å². The predicted molar refractivity (Wildman–Crippen MR) is 75.9 cm³/mol. The van der Waals surface area contributed by atoms with Crippen molar-refractivity contribution >= 4 is 0 Å². The molecule has 0 bridgehead atoms. The minimum Gasteiger partial charge on any atom is -0.379 e. The Bertz CT molecular complexity index is 640. The summed E-state index contributed by atoms with van der Waals surface area (Å²) in [6, 6.07) is 13.7. The van der Waals surface area contributed by atoms with Crippen LogP contribution in [0.1, 0.15) is 29.3 Å². The second-order valence-corrected chi connectivity index (χ2v) is 5.27. The van der Waals surface area contributed by atoms with Crippen LogP contribution in [-0.2, 0) is 18.4 Å². The van der Waals surface area contributed by atoms with Crippen LogP contribution in [0, 0.1) is 17.2 Å². The molecule has 1 aromatic heterocycles. The number of aromatic nitrogens is 1. The fourth-order valence-electron chi connectivity index (χ4n) is 3.05. The summed E-state index contributed by atoms with van der Waals surface area (Å²) in [7, 11) is 0. The van der Waals surface area contributed by atoms with Crippen LogP contribution in [0.25, 0.3) is 0 Å². The summed E-state index contributed by atoms with van der Waals surface area (Å²) in [6.45, 7) is 1.76. The van der Waals surface area contributed by atoms with E-state index in [1.807, 2.05) is 36.4 Å². The number of rotatable bonds is 1. The molecule has 1 aliphatic carbocycles. The van der Waals surface area contributed by atoms with Gasteiger partial charge in [-0.15, -0.1) is 0 Å². The van der Waals surface area contributed by atoms with Gasteiger partial charge in [-0.05, 0) is 37.0 Å². The number of nitriles is 1. The first-order chi connectivity index (χ1) is 9.67. The largest absolute Gasteiger partial charge is 0.379 e. The van der Waals surface area contributed by atoms with E-state index in [1.165, 1.54) is 0 Å². The van der Waals surface area contributed by atoms with Gasteiger partial charge in [0, 0.05) is 17.5 Å². The molecule has 0 saturated carbocycles. The number of pyridine rings is 1. The van der Waals surface area contributed by atoms with Crippen molar-refractivity contribution in [3.05, 3.63) is 65.0 Å². The minimum atomic E-state index is -1.29. The van der Waals surface area contributed by atoms with Crippen molar-refractivity contribution in [2.45, 2.75) is 25.4 Å². The molecule has 100 valence electrons. The molecule has 1 aromatic carbocycles. The van der Waals surface area contributed by atoms with Crippen LogP contribution >= 0.6 is 0 Å². The van der Waals surface area contributed by atoms with Gasteiger partial charge in [-0.2, -0.15) is 5.26 Å². The summed E-state index contributed by atoms with van der Waals surface area (Å²) in [5.41, 5.74) is 2.29. The maximum Gasteiger partial charge on any atom is 0.132 e. The van der Waals surface area contributed by atoms with Crippen molar-refractivity contribution < 1.29 is 5.11 Å². The highest BCUT2D eigenvalue weighted by Gasteiger charge is 2.42. The van der Waals surface area contributed by atoms with Crippen molar-refractivity contribution in [2.75, 3.05) is 0 Å². The molecule has 2 unspecified atom stereocenters. The first-order valence-electron chi connectivity index (χ1n) is 6.82. The number of hydrogen-bond acceptors (Lipinski definition) is 3. The molecule has 0 fully saturated rings. The van der Waals surface area contributed by atoms with Crippen molar-refractivity contribution in [1.29, 1.82) is 5.26 Å². The number of aliphatic hydroxyl groups is 1. The lowest BCUT2D eigenvalue weighted by molar-refractivity contribution is 0.0453. The van der Waals surface area contributed by atoms with Gasteiger partial charge >= 0.3 is 0 Å². The van der Waals surface area contributed by atoms with E-state index in [2.05, 4.69) is 11.1 Å². The normalized spacial score (nSPS) is 22.1. The highest BCUT2D eigenvalue weighted by Crippen LogP contribution is 2.41. The Labute approximate surface area is 118 Å². The van der Waals surface area contributed by atoms with E-state index in [4.69, 9.17) is 0 Å². The van der Waals surface area contributed by atoms with Gasteiger partial charge in [0.1, 0.15) is 5.60 Å². The quantitative estimate of drug-likeness (QED) is 0.861. The Kier molecular flexibility index (Phi) is 3.04. The summed E-state index contributed by atoms with van der Waals surface area (Å²) < 4.78 is 0. The molecule has 3 nitrogen and oxygen atoms in total. The lowest BCUT2D eigenvalue weighted by Gasteiger charge is -2.32. The van der Waals surface area contributed by atoms with Crippen LogP contribution in [0.2, 0.25) is 0 Å². The first kappa shape index (κ1) is 12.8. The molecule has 1 aliphatic rings. The van der Waals surface area contributed by atoms with Crippen molar-refractivity contribution in [2.24, 2.45) is 5.92 Å². The highest BCUT2D eigenvalue weighted by atomic mass is 16.3. The molecule has 2 atom stereocenters. The van der Waals surface area contributed by atoms with Crippen LogP contribution in [0.4, 0.5) is 0 Å². The molecule has 2 aromatic rings. The highest BCUT2D eigenvalue weighted by molar-refractivity contribution is 5.47. The van der Waals surface area contributed by atoms with E-state index < -0.39 is 11.5 Å². The zero-order chi connectivity index (χ0) is 14.2. The third-order valence-corrected chi connectivity index (χ3v) is 4.18. The minimum absolute atomic E-state index is 0.537. The monoisotopic (exact) mass is 264 g/mol. The number of aryl methyl sites for hydroxylation is 2. The molecule has 3 rings (SSSR count). The summed E-state index contributed by atoms with van der Waals surface area (Å²) >= 11 is 0. The van der Waals surface area contributed by atoms with Gasteiger partial charge in [0.25, 0.3) is 0 Å². The number of fused-ring (bicyclic) bond motifs is 2. The van der Waals surface area contributed by atoms with E-state index in [9.17, 15) is 10.4 Å². The Morgan fingerprint density at radius 2 is 1.95 bits per heavy atom. The summed E-state index contributed by atoms with van der Waals surface area (Å²) in [6.07, 6.45) is 3.36. The molecule has 3 heteroatoms. The van der Waals surface area contributed by atoms with Crippen molar-refractivity contribution in [1.82, 2.24) is 4.98 Å². The molecule has 1 heterocycles. The van der Waals surface area contributed by atoms with Gasteiger partial charge in [-0.3, -0.25) is 4.98 Å². The van der Waals surface area contributed by atoms with Gasteiger partial charge in [-0.25, -0.2) is 0 Å². The van der Waals surface area contributed by atoms with E-state index in [0.29, 0.717) is 0 Å². The lowest BCUT2D eigenvalue weighted by Crippen LogP contribution is -2.35. The molecule has 0 spiro atoms. The van der Waals surface area contributed by atoms with Crippen molar-refractivity contribution in [3.8, 4) is 6.07 Å². The average Bonchev–Trinajstić information content (AvgIpc) is 2.64. The van der Waals surface area contributed by atoms with Crippen LogP contribution in [-0.4, -0.2) is 10.1 Å². The molecule has 0 radical (unpaired) electrons. The smallest absolute Gasteiger partial charge is 0.132 e. The third-order valence-electron chi connectivity index (χ3n) is 4.18. The lowest BCUT2D eigenvalue weighted by atomic mass is 9.76. The maximum atomic E-state index is 11.4. The number of benzene rings is 1. The summed E-state index contributed by atoms with van der Waals surface area (Å²) in [5.74, 6) is -0.537. The van der Waals surface area contributed by atoms with Gasteiger partial charge in [0.05, 0.1) is 12.0 Å². The Morgan fingerprint density at radius 3 is 2.75 bits per heavy atom. The molecular weight excluding hydrogens is 248 g/mol. The SMILES string of the molecule is CC(C#N)C1(O)c2ccccc2CCc2ncccc21. The van der Waals surface area contributed by atoms with Crippen LogP contribution in [0.3, 0.4) is 0 Å². The van der Waals surface area contributed by atoms with E-state index in [1.54, 1.807) is 13.1 Å². The Balaban J connectivity index is 2.33. The van der Waals surface area contributed by atoms with Crippen molar-refractivity contribution in [3.63, 3.8) is 0 Å². The molecule has 20 heavy (non-hydrogen) atoms. The third kappa shape index (κ3) is 1.73. The predicted octanol–water partition coefficient (Wildman–Crippen LogP) is 2.58.